The third kappa shape index (κ3) is 1.07. The Labute approximate surface area is 60.5 Å². The van der Waals surface area contributed by atoms with Gasteiger partial charge in [-0.1, -0.05) is 13.8 Å². The van der Waals surface area contributed by atoms with Gasteiger partial charge in [-0.2, -0.15) is 0 Å². The minimum absolute atomic E-state index is 0.119. The maximum absolute atomic E-state index is 9.50. The topological polar surface area (TPSA) is 53.3 Å². The third-order valence-electron chi connectivity index (χ3n) is 1.76. The van der Waals surface area contributed by atoms with Gasteiger partial charge in [-0.15, -0.1) is 0 Å². The van der Waals surface area contributed by atoms with Crippen LogP contribution in [-0.2, 0) is 4.74 Å². The van der Waals surface area contributed by atoms with E-state index in [-0.39, 0.29) is 5.92 Å². The fraction of sp³-hybridized carbons (Fsp3) is 0.857. The third-order valence-corrected chi connectivity index (χ3v) is 1.76. The van der Waals surface area contributed by atoms with Gasteiger partial charge < -0.3 is 15.3 Å². The lowest BCUT2D eigenvalue weighted by Gasteiger charge is -2.38. The second kappa shape index (κ2) is 2.32. The maximum Gasteiger partial charge on any atom is 0.148 e. The van der Waals surface area contributed by atoms with E-state index in [0.717, 1.165) is 0 Å². The Kier molecular flexibility index (Phi) is 1.79. The fourth-order valence-corrected chi connectivity index (χ4v) is 0.988. The van der Waals surface area contributed by atoms with Gasteiger partial charge in [0.2, 0.25) is 0 Å². The first-order valence-corrected chi connectivity index (χ1v) is 3.45. The molecule has 1 aliphatic rings. The largest absolute Gasteiger partial charge is 0.379 e. The van der Waals surface area contributed by atoms with Crippen LogP contribution in [0.15, 0.2) is 0 Å². The van der Waals surface area contributed by atoms with E-state index < -0.39 is 5.60 Å². The quantitative estimate of drug-likeness (QED) is 0.550. The van der Waals surface area contributed by atoms with E-state index >= 15 is 0 Å². The molecule has 0 amide bonds. The van der Waals surface area contributed by atoms with Crippen LogP contribution in [0.2, 0.25) is 0 Å². The predicted octanol–water partition coefficient (Wildman–Crippen LogP) is 0.423. The van der Waals surface area contributed by atoms with Crippen molar-refractivity contribution in [3.8, 4) is 0 Å². The van der Waals surface area contributed by atoms with Crippen LogP contribution in [0.1, 0.15) is 13.8 Å². The Balaban J connectivity index is 2.55. The SMILES string of the molecule is CC(C)C(=N)C1(O)COC1. The molecule has 3 nitrogen and oxygen atoms in total. The highest BCUT2D eigenvalue weighted by Gasteiger charge is 2.41. The normalized spacial score (nSPS) is 22.4. The predicted molar refractivity (Wildman–Crippen MR) is 38.3 cm³/mol. The summed E-state index contributed by atoms with van der Waals surface area (Å²) >= 11 is 0. The van der Waals surface area contributed by atoms with E-state index in [1.165, 1.54) is 0 Å². The van der Waals surface area contributed by atoms with Crippen LogP contribution in [0.5, 0.6) is 0 Å². The number of nitrogens with one attached hydrogen (secondary N) is 1. The minimum atomic E-state index is -0.936. The van der Waals surface area contributed by atoms with E-state index in [9.17, 15) is 5.11 Å². The van der Waals surface area contributed by atoms with Crippen LogP contribution in [0.4, 0.5) is 0 Å². The zero-order chi connectivity index (χ0) is 7.78. The highest BCUT2D eigenvalue weighted by atomic mass is 16.5. The van der Waals surface area contributed by atoms with Crippen molar-refractivity contribution in [2.24, 2.45) is 5.92 Å². The molecule has 0 spiro atoms. The van der Waals surface area contributed by atoms with Crippen molar-refractivity contribution in [2.45, 2.75) is 19.4 Å². The Morgan fingerprint density at radius 1 is 1.60 bits per heavy atom. The summed E-state index contributed by atoms with van der Waals surface area (Å²) in [7, 11) is 0. The van der Waals surface area contributed by atoms with Crippen LogP contribution in [0, 0.1) is 11.3 Å². The molecule has 1 saturated heterocycles. The minimum Gasteiger partial charge on any atom is -0.379 e. The van der Waals surface area contributed by atoms with Gasteiger partial charge in [0, 0.05) is 5.71 Å². The first kappa shape index (κ1) is 7.69. The molecule has 0 aromatic heterocycles. The molecule has 1 aliphatic heterocycles. The maximum atomic E-state index is 9.50. The summed E-state index contributed by atoms with van der Waals surface area (Å²) in [5, 5.41) is 17.0. The molecule has 10 heavy (non-hydrogen) atoms. The molecule has 0 unspecified atom stereocenters. The average Bonchev–Trinajstić information content (AvgIpc) is 1.81. The van der Waals surface area contributed by atoms with Crippen molar-refractivity contribution in [1.29, 1.82) is 5.41 Å². The van der Waals surface area contributed by atoms with Crippen molar-refractivity contribution in [3.63, 3.8) is 0 Å². The highest BCUT2D eigenvalue weighted by molar-refractivity contribution is 5.92. The number of aliphatic hydroxyl groups is 1. The molecule has 1 heterocycles. The number of hydrogen-bond acceptors (Lipinski definition) is 3. The van der Waals surface area contributed by atoms with E-state index in [4.69, 9.17) is 10.1 Å². The molecule has 2 N–H and O–H groups in total. The lowest BCUT2D eigenvalue weighted by molar-refractivity contribution is -0.136. The van der Waals surface area contributed by atoms with Gasteiger partial charge in [0.15, 0.2) is 0 Å². The Morgan fingerprint density at radius 2 is 2.10 bits per heavy atom. The summed E-state index contributed by atoms with van der Waals surface area (Å²) in [4.78, 5) is 0. The monoisotopic (exact) mass is 143 g/mol. The molecule has 0 radical (unpaired) electrons. The smallest absolute Gasteiger partial charge is 0.148 e. The molecule has 0 aromatic rings. The van der Waals surface area contributed by atoms with E-state index in [1.807, 2.05) is 13.8 Å². The van der Waals surface area contributed by atoms with Gasteiger partial charge >= 0.3 is 0 Å². The van der Waals surface area contributed by atoms with Gasteiger partial charge in [-0.25, -0.2) is 0 Å². The molecule has 1 fully saturated rings. The van der Waals surface area contributed by atoms with Gasteiger partial charge in [-0.05, 0) is 5.92 Å². The zero-order valence-corrected chi connectivity index (χ0v) is 6.35. The lowest BCUT2D eigenvalue weighted by atomic mass is 9.88. The van der Waals surface area contributed by atoms with Crippen molar-refractivity contribution < 1.29 is 9.84 Å². The van der Waals surface area contributed by atoms with Crippen molar-refractivity contribution in [3.05, 3.63) is 0 Å². The molecule has 0 atom stereocenters. The van der Waals surface area contributed by atoms with Crippen LogP contribution in [-0.4, -0.2) is 29.6 Å². The van der Waals surface area contributed by atoms with Gasteiger partial charge in [0.1, 0.15) is 5.60 Å². The second-order valence-electron chi connectivity index (χ2n) is 3.09. The summed E-state index contributed by atoms with van der Waals surface area (Å²) in [6.07, 6.45) is 0. The first-order valence-electron chi connectivity index (χ1n) is 3.45. The van der Waals surface area contributed by atoms with E-state index in [1.54, 1.807) is 0 Å². The number of ether oxygens (including phenoxy) is 1. The molecule has 0 saturated carbocycles. The Hall–Kier alpha value is -0.410. The summed E-state index contributed by atoms with van der Waals surface area (Å²) < 4.78 is 4.82. The average molecular weight is 143 g/mol. The molecule has 58 valence electrons. The molecule has 0 aromatic carbocycles. The van der Waals surface area contributed by atoms with Crippen molar-refractivity contribution >= 4 is 5.71 Å². The highest BCUT2D eigenvalue weighted by Crippen LogP contribution is 2.21. The Morgan fingerprint density at radius 3 is 2.20 bits per heavy atom. The zero-order valence-electron chi connectivity index (χ0n) is 6.35. The van der Waals surface area contributed by atoms with Gasteiger partial charge in [0.05, 0.1) is 13.2 Å². The summed E-state index contributed by atoms with van der Waals surface area (Å²) in [5.74, 6) is 0.119. The van der Waals surface area contributed by atoms with Crippen LogP contribution < -0.4 is 0 Å². The number of hydrogen-bond donors (Lipinski definition) is 2. The van der Waals surface area contributed by atoms with Gasteiger partial charge in [-0.3, -0.25) is 0 Å². The van der Waals surface area contributed by atoms with Crippen molar-refractivity contribution in [2.75, 3.05) is 13.2 Å². The molecule has 0 bridgehead atoms. The van der Waals surface area contributed by atoms with Crippen LogP contribution >= 0.6 is 0 Å². The lowest BCUT2D eigenvalue weighted by Crippen LogP contribution is -2.57. The summed E-state index contributed by atoms with van der Waals surface area (Å²) in [5.41, 5.74) is -0.549. The van der Waals surface area contributed by atoms with E-state index in [2.05, 4.69) is 0 Å². The first-order chi connectivity index (χ1) is 4.56. The second-order valence-corrected chi connectivity index (χ2v) is 3.09. The molecule has 3 heteroatoms. The van der Waals surface area contributed by atoms with E-state index in [0.29, 0.717) is 18.9 Å². The molecular formula is C7H13NO2. The van der Waals surface area contributed by atoms with Crippen LogP contribution in [0.3, 0.4) is 0 Å². The summed E-state index contributed by atoms with van der Waals surface area (Å²) in [6.45, 7) is 4.39. The van der Waals surface area contributed by atoms with Crippen molar-refractivity contribution in [1.82, 2.24) is 0 Å². The van der Waals surface area contributed by atoms with Gasteiger partial charge in [0.25, 0.3) is 0 Å². The Bertz CT molecular complexity index is 150. The number of rotatable bonds is 2. The standard InChI is InChI=1S/C7H13NO2/c1-5(2)6(8)7(9)3-10-4-7/h5,8-9H,3-4H2,1-2H3. The summed E-state index contributed by atoms with van der Waals surface area (Å²) in [6, 6.07) is 0. The molecule has 1 rings (SSSR count). The fourth-order valence-electron chi connectivity index (χ4n) is 0.988. The molecular weight excluding hydrogens is 130 g/mol. The van der Waals surface area contributed by atoms with Crippen LogP contribution in [0.25, 0.3) is 0 Å². The molecule has 0 aliphatic carbocycles.